The monoisotopic (exact) mass is 161 g/mol. The van der Waals surface area contributed by atoms with E-state index in [0.29, 0.717) is 6.54 Å². The zero-order valence-electron chi connectivity index (χ0n) is 7.20. The Labute approximate surface area is 74.2 Å². The molecule has 0 bridgehead atoms. The minimum Gasteiger partial charge on any atom is -0.395 e. The first-order chi connectivity index (χ1) is 5.74. The molecule has 0 amide bonds. The lowest BCUT2D eigenvalue weighted by atomic mass is 9.96. The first-order valence-electron chi connectivity index (χ1n) is 3.91. The van der Waals surface area contributed by atoms with Gasteiger partial charge >= 0.3 is 0 Å². The second-order valence-electron chi connectivity index (χ2n) is 2.74. The summed E-state index contributed by atoms with van der Waals surface area (Å²) in [5.74, 6) is 0. The SMILES string of the molecule is [B]c1ccc(N(C)CCO)cc1. The highest BCUT2D eigenvalue weighted by atomic mass is 16.3. The van der Waals surface area contributed by atoms with Crippen LogP contribution in [-0.2, 0) is 0 Å². The van der Waals surface area contributed by atoms with Crippen molar-refractivity contribution in [1.82, 2.24) is 0 Å². The van der Waals surface area contributed by atoms with Crippen LogP contribution in [-0.4, -0.2) is 33.2 Å². The van der Waals surface area contributed by atoms with Crippen LogP contribution in [0.25, 0.3) is 0 Å². The number of rotatable bonds is 3. The summed E-state index contributed by atoms with van der Waals surface area (Å²) in [6.45, 7) is 0.810. The summed E-state index contributed by atoms with van der Waals surface area (Å²) in [4.78, 5) is 1.97. The van der Waals surface area contributed by atoms with Crippen LogP contribution in [0.1, 0.15) is 0 Å². The van der Waals surface area contributed by atoms with Gasteiger partial charge in [-0.1, -0.05) is 17.6 Å². The maximum atomic E-state index is 8.69. The zero-order chi connectivity index (χ0) is 8.97. The molecule has 1 aromatic rings. The number of likely N-dealkylation sites (N-methyl/N-ethyl adjacent to an activating group) is 1. The van der Waals surface area contributed by atoms with Gasteiger partial charge in [-0.15, -0.1) is 0 Å². The van der Waals surface area contributed by atoms with E-state index < -0.39 is 0 Å². The molecule has 0 saturated heterocycles. The lowest BCUT2D eigenvalue weighted by molar-refractivity contribution is 0.304. The summed E-state index contributed by atoms with van der Waals surface area (Å²) in [6, 6.07) is 7.57. The van der Waals surface area contributed by atoms with Gasteiger partial charge in [-0.2, -0.15) is 0 Å². The molecular formula is C9H12BNO. The van der Waals surface area contributed by atoms with E-state index in [1.54, 1.807) is 0 Å². The molecule has 2 nitrogen and oxygen atoms in total. The molecule has 1 rings (SSSR count). The second kappa shape index (κ2) is 4.17. The van der Waals surface area contributed by atoms with E-state index in [-0.39, 0.29) is 6.61 Å². The molecule has 0 atom stereocenters. The first-order valence-corrected chi connectivity index (χ1v) is 3.91. The molecule has 0 aliphatic rings. The van der Waals surface area contributed by atoms with E-state index >= 15 is 0 Å². The third-order valence-electron chi connectivity index (χ3n) is 1.77. The summed E-state index contributed by atoms with van der Waals surface area (Å²) in [5.41, 5.74) is 1.83. The van der Waals surface area contributed by atoms with Gasteiger partial charge in [-0.3, -0.25) is 0 Å². The molecule has 0 heterocycles. The van der Waals surface area contributed by atoms with Crippen LogP contribution < -0.4 is 10.4 Å². The Balaban J connectivity index is 2.68. The van der Waals surface area contributed by atoms with Gasteiger partial charge in [0.1, 0.15) is 7.85 Å². The Kier molecular flexibility index (Phi) is 3.17. The van der Waals surface area contributed by atoms with Crippen molar-refractivity contribution in [3.8, 4) is 0 Å². The van der Waals surface area contributed by atoms with Gasteiger partial charge in [0.15, 0.2) is 0 Å². The molecule has 0 spiro atoms. The van der Waals surface area contributed by atoms with Gasteiger partial charge < -0.3 is 10.0 Å². The minimum atomic E-state index is 0.168. The third-order valence-corrected chi connectivity index (χ3v) is 1.77. The molecule has 1 aromatic carbocycles. The van der Waals surface area contributed by atoms with E-state index in [2.05, 4.69) is 0 Å². The normalized spacial score (nSPS) is 9.83. The van der Waals surface area contributed by atoms with Crippen molar-refractivity contribution in [2.24, 2.45) is 0 Å². The maximum Gasteiger partial charge on any atom is 0.113 e. The lowest BCUT2D eigenvalue weighted by Gasteiger charge is -2.17. The van der Waals surface area contributed by atoms with Crippen molar-refractivity contribution in [2.75, 3.05) is 25.1 Å². The highest BCUT2D eigenvalue weighted by Crippen LogP contribution is 2.08. The first kappa shape index (κ1) is 9.14. The molecule has 0 unspecified atom stereocenters. The van der Waals surface area contributed by atoms with Gasteiger partial charge in [0.05, 0.1) is 6.61 Å². The van der Waals surface area contributed by atoms with Crippen molar-refractivity contribution in [3.05, 3.63) is 24.3 Å². The molecule has 0 fully saturated rings. The number of anilines is 1. The quantitative estimate of drug-likeness (QED) is 0.626. The molecule has 2 radical (unpaired) electrons. The standard InChI is InChI=1S/C9H12BNO/c1-11(6-7-12)9-4-2-8(10)3-5-9/h2-5,12H,6-7H2,1H3. The summed E-state index contributed by atoms with van der Waals surface area (Å²) in [6.07, 6.45) is 0. The second-order valence-corrected chi connectivity index (χ2v) is 2.74. The molecule has 3 heteroatoms. The molecule has 0 aromatic heterocycles. The highest BCUT2D eigenvalue weighted by molar-refractivity contribution is 6.32. The number of benzene rings is 1. The average molecular weight is 161 g/mol. The molecule has 1 N–H and O–H groups in total. The number of nitrogens with zero attached hydrogens (tertiary/aromatic N) is 1. The van der Waals surface area contributed by atoms with Gasteiger partial charge in [0, 0.05) is 19.3 Å². The topological polar surface area (TPSA) is 23.5 Å². The van der Waals surface area contributed by atoms with Crippen LogP contribution in [0.5, 0.6) is 0 Å². The smallest absolute Gasteiger partial charge is 0.113 e. The Bertz CT molecular complexity index is 235. The van der Waals surface area contributed by atoms with E-state index in [4.69, 9.17) is 13.0 Å². The van der Waals surface area contributed by atoms with Crippen molar-refractivity contribution < 1.29 is 5.11 Å². The zero-order valence-corrected chi connectivity index (χ0v) is 7.20. The predicted octanol–water partition coefficient (Wildman–Crippen LogP) is -0.0911. The highest BCUT2D eigenvalue weighted by Gasteiger charge is 1.97. The minimum absolute atomic E-state index is 0.168. The molecule has 0 aliphatic carbocycles. The molecule has 62 valence electrons. The lowest BCUT2D eigenvalue weighted by Crippen LogP contribution is -2.21. The fourth-order valence-electron chi connectivity index (χ4n) is 1.01. The van der Waals surface area contributed by atoms with Gasteiger partial charge in [-0.05, 0) is 12.1 Å². The van der Waals surface area contributed by atoms with Crippen LogP contribution in [0.4, 0.5) is 5.69 Å². The Morgan fingerprint density at radius 3 is 2.42 bits per heavy atom. The third kappa shape index (κ3) is 2.27. The van der Waals surface area contributed by atoms with E-state index in [9.17, 15) is 0 Å². The van der Waals surface area contributed by atoms with E-state index in [0.717, 1.165) is 11.2 Å². The van der Waals surface area contributed by atoms with Crippen LogP contribution in [0, 0.1) is 0 Å². The van der Waals surface area contributed by atoms with Crippen LogP contribution in [0.15, 0.2) is 24.3 Å². The summed E-state index contributed by atoms with van der Waals surface area (Å²) < 4.78 is 0. The fraction of sp³-hybridized carbons (Fsp3) is 0.333. The van der Waals surface area contributed by atoms with Gasteiger partial charge in [0.2, 0.25) is 0 Å². The molecular weight excluding hydrogens is 149 g/mol. The molecule has 0 saturated carbocycles. The van der Waals surface area contributed by atoms with Crippen LogP contribution >= 0.6 is 0 Å². The van der Waals surface area contributed by atoms with Crippen molar-refractivity contribution in [2.45, 2.75) is 0 Å². The number of aliphatic hydroxyl groups is 1. The molecule has 12 heavy (non-hydrogen) atoms. The van der Waals surface area contributed by atoms with Crippen LogP contribution in [0.2, 0.25) is 0 Å². The molecule has 0 aliphatic heterocycles. The van der Waals surface area contributed by atoms with Crippen LogP contribution in [0.3, 0.4) is 0 Å². The summed E-state index contributed by atoms with van der Waals surface area (Å²) in [7, 11) is 7.47. The fourth-order valence-corrected chi connectivity index (χ4v) is 1.01. The summed E-state index contributed by atoms with van der Waals surface area (Å²) >= 11 is 0. The Morgan fingerprint density at radius 2 is 1.92 bits per heavy atom. The summed E-state index contributed by atoms with van der Waals surface area (Å²) in [5, 5.41) is 8.69. The predicted molar refractivity (Wildman–Crippen MR) is 52.2 cm³/mol. The maximum absolute atomic E-state index is 8.69. The van der Waals surface area contributed by atoms with Crippen molar-refractivity contribution in [3.63, 3.8) is 0 Å². The number of aliphatic hydroxyl groups excluding tert-OH is 1. The average Bonchev–Trinajstić information content (AvgIpc) is 2.06. The number of hydrogen-bond acceptors (Lipinski definition) is 2. The number of hydrogen-bond donors (Lipinski definition) is 1. The Hall–Kier alpha value is -0.955. The van der Waals surface area contributed by atoms with Gasteiger partial charge in [0.25, 0.3) is 0 Å². The van der Waals surface area contributed by atoms with Crippen molar-refractivity contribution in [1.29, 1.82) is 0 Å². The van der Waals surface area contributed by atoms with Crippen molar-refractivity contribution >= 4 is 19.0 Å². The van der Waals surface area contributed by atoms with E-state index in [1.807, 2.05) is 36.2 Å². The Morgan fingerprint density at radius 1 is 1.33 bits per heavy atom. The van der Waals surface area contributed by atoms with Gasteiger partial charge in [-0.25, -0.2) is 0 Å². The largest absolute Gasteiger partial charge is 0.395 e. The van der Waals surface area contributed by atoms with E-state index in [1.165, 1.54) is 0 Å².